The summed E-state index contributed by atoms with van der Waals surface area (Å²) in [7, 11) is 1.66. The molecule has 1 heterocycles. The third-order valence-electron chi connectivity index (χ3n) is 2.21. The second-order valence-electron chi connectivity index (χ2n) is 2.92. The summed E-state index contributed by atoms with van der Waals surface area (Å²) in [5.74, 6) is -0.473. The molecule has 68 valence electrons. The van der Waals surface area contributed by atoms with E-state index in [0.29, 0.717) is 0 Å². The van der Waals surface area contributed by atoms with Gasteiger partial charge in [0.25, 0.3) is 0 Å². The van der Waals surface area contributed by atoms with Crippen molar-refractivity contribution in [2.75, 3.05) is 7.05 Å². The molecule has 1 fully saturated rings. The van der Waals surface area contributed by atoms with Crippen LogP contribution in [0.15, 0.2) is 0 Å². The zero-order chi connectivity index (χ0) is 9.30. The zero-order valence-corrected chi connectivity index (χ0v) is 7.20. The number of likely N-dealkylation sites (N-methyl/N-ethyl adjacent to an activating group) is 1. The molecule has 1 saturated heterocycles. The van der Waals surface area contributed by atoms with Crippen LogP contribution in [0, 0.1) is 0 Å². The van der Waals surface area contributed by atoms with Gasteiger partial charge < -0.3 is 16.0 Å². The molecule has 0 aromatic heterocycles. The Morgan fingerprint density at radius 3 is 2.67 bits per heavy atom. The number of carbonyl (C=O) groups excluding carboxylic acids is 2. The summed E-state index contributed by atoms with van der Waals surface area (Å²) in [6, 6.07) is -0.867. The molecule has 0 aromatic carbocycles. The van der Waals surface area contributed by atoms with Crippen LogP contribution < -0.4 is 11.1 Å². The molecule has 1 aliphatic heterocycles. The Kier molecular flexibility index (Phi) is 2.21. The van der Waals surface area contributed by atoms with Crippen LogP contribution in [0.2, 0.25) is 0 Å². The SMILES string of the molecule is CCC1C(C(N)=O)NC(=O)N1C. The molecule has 0 radical (unpaired) electrons. The van der Waals surface area contributed by atoms with E-state index in [4.69, 9.17) is 5.73 Å². The van der Waals surface area contributed by atoms with Gasteiger partial charge in [-0.1, -0.05) is 6.92 Å². The first kappa shape index (κ1) is 8.83. The highest BCUT2D eigenvalue weighted by Crippen LogP contribution is 2.13. The Morgan fingerprint density at radius 2 is 2.33 bits per heavy atom. The van der Waals surface area contributed by atoms with Crippen molar-refractivity contribution in [3.05, 3.63) is 0 Å². The van der Waals surface area contributed by atoms with E-state index in [1.165, 1.54) is 4.90 Å². The summed E-state index contributed by atoms with van der Waals surface area (Å²) in [5, 5.41) is 2.52. The van der Waals surface area contributed by atoms with Crippen molar-refractivity contribution in [3.63, 3.8) is 0 Å². The third kappa shape index (κ3) is 1.22. The van der Waals surface area contributed by atoms with Gasteiger partial charge >= 0.3 is 6.03 Å². The number of carbonyl (C=O) groups is 2. The molecule has 2 atom stereocenters. The van der Waals surface area contributed by atoms with Crippen LogP contribution in [0.4, 0.5) is 4.79 Å². The molecule has 3 amide bonds. The quantitative estimate of drug-likeness (QED) is 0.575. The van der Waals surface area contributed by atoms with Crippen molar-refractivity contribution in [1.82, 2.24) is 10.2 Å². The molecule has 1 rings (SSSR count). The topological polar surface area (TPSA) is 75.4 Å². The number of nitrogens with one attached hydrogen (secondary N) is 1. The predicted molar refractivity (Wildman–Crippen MR) is 43.4 cm³/mol. The van der Waals surface area contributed by atoms with Gasteiger partial charge in [-0.2, -0.15) is 0 Å². The highest BCUT2D eigenvalue weighted by atomic mass is 16.2. The standard InChI is InChI=1S/C7H13N3O2/c1-3-4-5(6(8)11)9-7(12)10(4)2/h4-5H,3H2,1-2H3,(H2,8,11)(H,9,12). The summed E-state index contributed by atoms with van der Waals surface area (Å²) < 4.78 is 0. The molecule has 0 bridgehead atoms. The van der Waals surface area contributed by atoms with Gasteiger partial charge in [-0.3, -0.25) is 4.79 Å². The minimum absolute atomic E-state index is 0.102. The summed E-state index contributed by atoms with van der Waals surface area (Å²) in [4.78, 5) is 23.4. The fraction of sp³-hybridized carbons (Fsp3) is 0.714. The van der Waals surface area contributed by atoms with Gasteiger partial charge in [-0.25, -0.2) is 4.79 Å². The number of primary amides is 1. The molecule has 0 aliphatic carbocycles. The molecule has 0 aromatic rings. The maximum absolute atomic E-state index is 11.1. The molecule has 0 saturated carbocycles. The molecule has 5 heteroatoms. The van der Waals surface area contributed by atoms with Crippen molar-refractivity contribution >= 4 is 11.9 Å². The van der Waals surface area contributed by atoms with Gasteiger partial charge in [-0.05, 0) is 6.42 Å². The van der Waals surface area contributed by atoms with Crippen molar-refractivity contribution in [3.8, 4) is 0 Å². The second-order valence-corrected chi connectivity index (χ2v) is 2.92. The first-order chi connectivity index (χ1) is 5.57. The molecule has 3 N–H and O–H groups in total. The van der Waals surface area contributed by atoms with Gasteiger partial charge in [0.15, 0.2) is 0 Å². The lowest BCUT2D eigenvalue weighted by molar-refractivity contribution is -0.120. The third-order valence-corrected chi connectivity index (χ3v) is 2.21. The van der Waals surface area contributed by atoms with E-state index in [-0.39, 0.29) is 12.1 Å². The number of hydrogen-bond acceptors (Lipinski definition) is 2. The lowest BCUT2D eigenvalue weighted by Crippen LogP contribution is -2.44. The van der Waals surface area contributed by atoms with Crippen LogP contribution in [0.25, 0.3) is 0 Å². The highest BCUT2D eigenvalue weighted by molar-refractivity contribution is 5.90. The number of urea groups is 1. The Morgan fingerprint density at radius 1 is 1.75 bits per heavy atom. The fourth-order valence-corrected chi connectivity index (χ4v) is 1.48. The number of hydrogen-bond donors (Lipinski definition) is 2. The van der Waals surface area contributed by atoms with E-state index in [1.807, 2.05) is 6.92 Å². The molecular formula is C7H13N3O2. The number of amides is 3. The monoisotopic (exact) mass is 171 g/mol. The first-order valence-corrected chi connectivity index (χ1v) is 3.90. The summed E-state index contributed by atoms with van der Waals surface area (Å²) in [6.45, 7) is 1.91. The van der Waals surface area contributed by atoms with Crippen LogP contribution in [0.1, 0.15) is 13.3 Å². The fourth-order valence-electron chi connectivity index (χ4n) is 1.48. The van der Waals surface area contributed by atoms with E-state index in [2.05, 4.69) is 5.32 Å². The Bertz CT molecular complexity index is 217. The average molecular weight is 171 g/mol. The van der Waals surface area contributed by atoms with Crippen LogP contribution >= 0.6 is 0 Å². The molecule has 0 spiro atoms. The van der Waals surface area contributed by atoms with Gasteiger partial charge in [0.1, 0.15) is 6.04 Å². The minimum Gasteiger partial charge on any atom is -0.368 e. The van der Waals surface area contributed by atoms with E-state index in [9.17, 15) is 9.59 Å². The van der Waals surface area contributed by atoms with E-state index in [0.717, 1.165) is 6.42 Å². The lowest BCUT2D eigenvalue weighted by atomic mass is 10.1. The van der Waals surface area contributed by atoms with Crippen molar-refractivity contribution < 1.29 is 9.59 Å². The molecule has 2 unspecified atom stereocenters. The number of rotatable bonds is 2. The molecular weight excluding hydrogens is 158 g/mol. The average Bonchev–Trinajstić information content (AvgIpc) is 2.29. The van der Waals surface area contributed by atoms with Crippen LogP contribution in [0.3, 0.4) is 0 Å². The lowest BCUT2D eigenvalue weighted by Gasteiger charge is -2.18. The van der Waals surface area contributed by atoms with Crippen molar-refractivity contribution in [2.45, 2.75) is 25.4 Å². The number of nitrogens with zero attached hydrogens (tertiary/aromatic N) is 1. The van der Waals surface area contributed by atoms with E-state index >= 15 is 0 Å². The van der Waals surface area contributed by atoms with Crippen molar-refractivity contribution in [2.24, 2.45) is 5.73 Å². The van der Waals surface area contributed by atoms with Crippen LogP contribution in [-0.2, 0) is 4.79 Å². The van der Waals surface area contributed by atoms with Gasteiger partial charge in [-0.15, -0.1) is 0 Å². The Labute approximate surface area is 70.9 Å². The Hall–Kier alpha value is -1.26. The second kappa shape index (κ2) is 3.00. The first-order valence-electron chi connectivity index (χ1n) is 3.90. The summed E-state index contributed by atoms with van der Waals surface area (Å²) in [6.07, 6.45) is 0.725. The maximum atomic E-state index is 11.1. The highest BCUT2D eigenvalue weighted by Gasteiger charge is 2.38. The maximum Gasteiger partial charge on any atom is 0.318 e. The van der Waals surface area contributed by atoms with Crippen molar-refractivity contribution in [1.29, 1.82) is 0 Å². The molecule has 5 nitrogen and oxygen atoms in total. The number of nitrogens with two attached hydrogens (primary N) is 1. The summed E-state index contributed by atoms with van der Waals surface area (Å²) >= 11 is 0. The molecule has 1 aliphatic rings. The minimum atomic E-state index is -0.535. The summed E-state index contributed by atoms with van der Waals surface area (Å²) in [5.41, 5.74) is 5.11. The Balaban J connectivity index is 2.78. The van der Waals surface area contributed by atoms with Gasteiger partial charge in [0.2, 0.25) is 5.91 Å². The largest absolute Gasteiger partial charge is 0.368 e. The van der Waals surface area contributed by atoms with Gasteiger partial charge in [0, 0.05) is 7.05 Å². The van der Waals surface area contributed by atoms with E-state index < -0.39 is 11.9 Å². The van der Waals surface area contributed by atoms with Gasteiger partial charge in [0.05, 0.1) is 6.04 Å². The smallest absolute Gasteiger partial charge is 0.318 e. The normalized spacial score (nSPS) is 28.8. The molecule has 12 heavy (non-hydrogen) atoms. The zero-order valence-electron chi connectivity index (χ0n) is 7.20. The van der Waals surface area contributed by atoms with Crippen LogP contribution in [0.5, 0.6) is 0 Å². The van der Waals surface area contributed by atoms with E-state index in [1.54, 1.807) is 7.05 Å². The van der Waals surface area contributed by atoms with Crippen LogP contribution in [-0.4, -0.2) is 36.0 Å². The predicted octanol–water partition coefficient (Wildman–Crippen LogP) is -0.726.